The second kappa shape index (κ2) is 5.64. The summed E-state index contributed by atoms with van der Waals surface area (Å²) in [6.07, 6.45) is 5.42. The molecule has 21 heavy (non-hydrogen) atoms. The number of ether oxygens (including phenoxy) is 2. The average molecular weight is 293 g/mol. The summed E-state index contributed by atoms with van der Waals surface area (Å²) in [5.74, 6) is -0.652. The maximum absolute atomic E-state index is 13.6. The molecule has 4 nitrogen and oxygen atoms in total. The molecule has 3 rings (SSSR count). The molecule has 1 saturated carbocycles. The van der Waals surface area contributed by atoms with E-state index in [-0.39, 0.29) is 23.3 Å². The van der Waals surface area contributed by atoms with Gasteiger partial charge in [-0.1, -0.05) is 12.8 Å². The summed E-state index contributed by atoms with van der Waals surface area (Å²) >= 11 is 0. The average Bonchev–Trinajstić information content (AvgIpc) is 3.09. The number of amides is 1. The SMILES string of the molecule is COc1ccc(C(=O)NC2COC3(CCCC3)C2)cc1F. The molecule has 1 atom stereocenters. The highest BCUT2D eigenvalue weighted by Gasteiger charge is 2.42. The van der Waals surface area contributed by atoms with Gasteiger partial charge in [0.05, 0.1) is 25.4 Å². The van der Waals surface area contributed by atoms with Crippen LogP contribution in [-0.2, 0) is 4.74 Å². The van der Waals surface area contributed by atoms with Gasteiger partial charge in [0.2, 0.25) is 0 Å². The first kappa shape index (κ1) is 14.3. The third-order valence-corrected chi connectivity index (χ3v) is 4.47. The van der Waals surface area contributed by atoms with Crippen molar-refractivity contribution in [2.75, 3.05) is 13.7 Å². The summed E-state index contributed by atoms with van der Waals surface area (Å²) in [7, 11) is 1.40. The highest BCUT2D eigenvalue weighted by atomic mass is 19.1. The third kappa shape index (κ3) is 2.88. The van der Waals surface area contributed by atoms with E-state index in [0.717, 1.165) is 19.3 Å². The molecule has 0 bridgehead atoms. The zero-order chi connectivity index (χ0) is 14.9. The van der Waals surface area contributed by atoms with Crippen LogP contribution in [-0.4, -0.2) is 31.3 Å². The minimum atomic E-state index is -0.528. The lowest BCUT2D eigenvalue weighted by Crippen LogP contribution is -2.36. The second-order valence-corrected chi connectivity index (χ2v) is 5.92. The van der Waals surface area contributed by atoms with Crippen molar-refractivity contribution in [3.63, 3.8) is 0 Å². The molecule has 2 aliphatic rings. The van der Waals surface area contributed by atoms with E-state index < -0.39 is 5.82 Å². The lowest BCUT2D eigenvalue weighted by atomic mass is 9.96. The highest BCUT2D eigenvalue weighted by Crippen LogP contribution is 2.40. The van der Waals surface area contributed by atoms with Crippen molar-refractivity contribution in [1.29, 1.82) is 0 Å². The molecule has 1 aromatic rings. The number of benzene rings is 1. The second-order valence-electron chi connectivity index (χ2n) is 5.92. The molecule has 2 fully saturated rings. The normalized spacial score (nSPS) is 23.4. The molecule has 1 aromatic carbocycles. The van der Waals surface area contributed by atoms with Crippen LogP contribution in [0.2, 0.25) is 0 Å². The smallest absolute Gasteiger partial charge is 0.251 e. The van der Waals surface area contributed by atoms with Crippen molar-refractivity contribution >= 4 is 5.91 Å². The lowest BCUT2D eigenvalue weighted by Gasteiger charge is -2.21. The van der Waals surface area contributed by atoms with Gasteiger partial charge < -0.3 is 14.8 Å². The highest BCUT2D eigenvalue weighted by molar-refractivity contribution is 5.94. The zero-order valence-electron chi connectivity index (χ0n) is 12.2. The molecule has 1 unspecified atom stereocenters. The monoisotopic (exact) mass is 293 g/mol. The van der Waals surface area contributed by atoms with Gasteiger partial charge in [-0.2, -0.15) is 0 Å². The summed E-state index contributed by atoms with van der Waals surface area (Å²) in [6, 6.07) is 4.25. The Hall–Kier alpha value is -1.62. The fourth-order valence-electron chi connectivity index (χ4n) is 3.38. The van der Waals surface area contributed by atoms with Crippen molar-refractivity contribution in [3.8, 4) is 5.75 Å². The van der Waals surface area contributed by atoms with Crippen LogP contribution in [0.4, 0.5) is 4.39 Å². The first-order chi connectivity index (χ1) is 10.1. The quantitative estimate of drug-likeness (QED) is 0.932. The summed E-state index contributed by atoms with van der Waals surface area (Å²) in [6.45, 7) is 0.546. The minimum absolute atomic E-state index is 0.0146. The lowest BCUT2D eigenvalue weighted by molar-refractivity contribution is 0.00988. The van der Waals surface area contributed by atoms with E-state index in [9.17, 15) is 9.18 Å². The minimum Gasteiger partial charge on any atom is -0.494 e. The van der Waals surface area contributed by atoms with Crippen LogP contribution < -0.4 is 10.1 Å². The van der Waals surface area contributed by atoms with Gasteiger partial charge >= 0.3 is 0 Å². The van der Waals surface area contributed by atoms with Gasteiger partial charge in [-0.05, 0) is 37.5 Å². The fourth-order valence-corrected chi connectivity index (χ4v) is 3.38. The predicted molar refractivity (Wildman–Crippen MR) is 76.0 cm³/mol. The van der Waals surface area contributed by atoms with Crippen LogP contribution in [0.5, 0.6) is 5.75 Å². The van der Waals surface area contributed by atoms with E-state index in [4.69, 9.17) is 9.47 Å². The van der Waals surface area contributed by atoms with Crippen LogP contribution in [0.3, 0.4) is 0 Å². The fraction of sp³-hybridized carbons (Fsp3) is 0.562. The Kier molecular flexibility index (Phi) is 3.85. The zero-order valence-corrected chi connectivity index (χ0v) is 12.2. The molecule has 1 heterocycles. The number of halogens is 1. The van der Waals surface area contributed by atoms with E-state index in [1.807, 2.05) is 0 Å². The van der Waals surface area contributed by atoms with E-state index in [2.05, 4.69) is 5.32 Å². The summed E-state index contributed by atoms with van der Waals surface area (Å²) in [5.41, 5.74) is 0.281. The third-order valence-electron chi connectivity index (χ3n) is 4.47. The summed E-state index contributed by atoms with van der Waals surface area (Å²) in [4.78, 5) is 12.2. The topological polar surface area (TPSA) is 47.6 Å². The maximum atomic E-state index is 13.6. The van der Waals surface area contributed by atoms with E-state index in [1.54, 1.807) is 6.07 Å². The summed E-state index contributed by atoms with van der Waals surface area (Å²) < 4.78 is 24.4. The van der Waals surface area contributed by atoms with E-state index >= 15 is 0 Å². The van der Waals surface area contributed by atoms with Gasteiger partial charge in [-0.15, -0.1) is 0 Å². The predicted octanol–water partition coefficient (Wildman–Crippen LogP) is 2.67. The Labute approximate surface area is 123 Å². The van der Waals surface area contributed by atoms with Crippen LogP contribution in [0.25, 0.3) is 0 Å². The molecule has 1 spiro atoms. The van der Waals surface area contributed by atoms with Gasteiger partial charge in [0.25, 0.3) is 5.91 Å². The van der Waals surface area contributed by atoms with Crippen molar-refractivity contribution in [2.24, 2.45) is 0 Å². The molecule has 0 aromatic heterocycles. The first-order valence-corrected chi connectivity index (χ1v) is 7.40. The number of nitrogens with one attached hydrogen (secondary N) is 1. The molecule has 1 aliphatic heterocycles. The van der Waals surface area contributed by atoms with Gasteiger partial charge in [0, 0.05) is 5.56 Å². The maximum Gasteiger partial charge on any atom is 0.251 e. The number of rotatable bonds is 3. The Balaban J connectivity index is 1.63. The van der Waals surface area contributed by atoms with Crippen LogP contribution in [0.15, 0.2) is 18.2 Å². The number of carbonyl (C=O) groups excluding carboxylic acids is 1. The van der Waals surface area contributed by atoms with Crippen molar-refractivity contribution in [3.05, 3.63) is 29.6 Å². The number of methoxy groups -OCH3 is 1. The first-order valence-electron chi connectivity index (χ1n) is 7.40. The van der Waals surface area contributed by atoms with E-state index in [1.165, 1.54) is 32.1 Å². The Bertz CT molecular complexity index is 540. The van der Waals surface area contributed by atoms with Crippen LogP contribution >= 0.6 is 0 Å². The largest absolute Gasteiger partial charge is 0.494 e. The molecular formula is C16H20FNO3. The van der Waals surface area contributed by atoms with Gasteiger partial charge in [0.15, 0.2) is 11.6 Å². The van der Waals surface area contributed by atoms with Crippen molar-refractivity contribution < 1.29 is 18.7 Å². The molecule has 1 saturated heterocycles. The van der Waals surface area contributed by atoms with E-state index in [0.29, 0.717) is 12.2 Å². The van der Waals surface area contributed by atoms with Gasteiger partial charge in [-0.25, -0.2) is 4.39 Å². The van der Waals surface area contributed by atoms with Gasteiger partial charge in [-0.3, -0.25) is 4.79 Å². The standard InChI is InChI=1S/C16H20FNO3/c1-20-14-5-4-11(8-13(14)17)15(19)18-12-9-16(21-10-12)6-2-3-7-16/h4-5,8,12H,2-3,6-7,9-10H2,1H3,(H,18,19). The van der Waals surface area contributed by atoms with Crippen molar-refractivity contribution in [2.45, 2.75) is 43.7 Å². The Morgan fingerprint density at radius 1 is 1.43 bits per heavy atom. The molecule has 1 aliphatic carbocycles. The Morgan fingerprint density at radius 2 is 2.19 bits per heavy atom. The number of hydrogen-bond acceptors (Lipinski definition) is 3. The number of carbonyl (C=O) groups is 1. The molecule has 1 amide bonds. The summed E-state index contributed by atoms with van der Waals surface area (Å²) in [5, 5.41) is 2.94. The molecule has 5 heteroatoms. The molecular weight excluding hydrogens is 273 g/mol. The molecule has 1 N–H and O–H groups in total. The van der Waals surface area contributed by atoms with Crippen molar-refractivity contribution in [1.82, 2.24) is 5.32 Å². The Morgan fingerprint density at radius 3 is 2.86 bits per heavy atom. The number of hydrogen-bond donors (Lipinski definition) is 1. The van der Waals surface area contributed by atoms with Gasteiger partial charge in [0.1, 0.15) is 0 Å². The van der Waals surface area contributed by atoms with Crippen LogP contribution in [0, 0.1) is 5.82 Å². The van der Waals surface area contributed by atoms with Crippen LogP contribution in [0.1, 0.15) is 42.5 Å². The molecule has 0 radical (unpaired) electrons. The molecule has 114 valence electrons.